The molecule has 0 amide bonds. The largest absolute Gasteiger partial charge is 0.483 e. The number of rotatable bonds is 6. The van der Waals surface area contributed by atoms with E-state index in [1.54, 1.807) is 6.07 Å². The van der Waals surface area contributed by atoms with Crippen LogP contribution < -0.4 is 10.1 Å². The number of nitro groups is 1. The summed E-state index contributed by atoms with van der Waals surface area (Å²) in [5.74, 6) is 0.430. The molecular weight excluding hydrogens is 256 g/mol. The number of nitro benzene ring substituents is 1. The zero-order valence-corrected chi connectivity index (χ0v) is 12.3. The Kier molecular flexibility index (Phi) is 4.60. The van der Waals surface area contributed by atoms with Crippen molar-refractivity contribution >= 4 is 5.69 Å². The van der Waals surface area contributed by atoms with Gasteiger partial charge in [-0.25, -0.2) is 0 Å². The zero-order chi connectivity index (χ0) is 14.7. The first-order chi connectivity index (χ1) is 9.51. The van der Waals surface area contributed by atoms with Gasteiger partial charge in [-0.15, -0.1) is 0 Å². The van der Waals surface area contributed by atoms with Crippen LogP contribution in [0.1, 0.15) is 37.3 Å². The van der Waals surface area contributed by atoms with E-state index in [0.29, 0.717) is 11.8 Å². The van der Waals surface area contributed by atoms with Crippen LogP contribution in [0.2, 0.25) is 0 Å². The van der Waals surface area contributed by atoms with Crippen molar-refractivity contribution in [2.45, 2.75) is 52.2 Å². The van der Waals surface area contributed by atoms with Crippen molar-refractivity contribution < 1.29 is 9.66 Å². The first-order valence-electron chi connectivity index (χ1n) is 7.17. The predicted molar refractivity (Wildman–Crippen MR) is 78.3 cm³/mol. The predicted octanol–water partition coefficient (Wildman–Crippen LogP) is 3.12. The lowest BCUT2D eigenvalue weighted by Crippen LogP contribution is -2.47. The van der Waals surface area contributed by atoms with E-state index in [1.807, 2.05) is 19.9 Å². The molecule has 5 heteroatoms. The third-order valence-corrected chi connectivity index (χ3v) is 3.66. The smallest absolute Gasteiger partial charge is 0.311 e. The molecule has 0 heterocycles. The lowest BCUT2D eigenvalue weighted by Gasteiger charge is -2.36. The van der Waals surface area contributed by atoms with Gasteiger partial charge in [0.1, 0.15) is 6.10 Å². The molecule has 0 spiro atoms. The number of ether oxygens (including phenoxy) is 1. The highest BCUT2D eigenvalue weighted by atomic mass is 16.6. The molecule has 0 atom stereocenters. The summed E-state index contributed by atoms with van der Waals surface area (Å²) in [6, 6.07) is 3.99. The highest BCUT2D eigenvalue weighted by molar-refractivity contribution is 5.53. The van der Waals surface area contributed by atoms with E-state index < -0.39 is 0 Å². The van der Waals surface area contributed by atoms with Gasteiger partial charge in [-0.2, -0.15) is 0 Å². The van der Waals surface area contributed by atoms with Crippen LogP contribution in [0, 0.1) is 24.0 Å². The summed E-state index contributed by atoms with van der Waals surface area (Å²) >= 11 is 0. The maximum atomic E-state index is 11.1. The average molecular weight is 278 g/mol. The fourth-order valence-electron chi connectivity index (χ4n) is 2.56. The second-order valence-electron chi connectivity index (χ2n) is 5.55. The van der Waals surface area contributed by atoms with Gasteiger partial charge < -0.3 is 10.1 Å². The normalized spacial score (nSPS) is 21.4. The van der Waals surface area contributed by atoms with Crippen LogP contribution >= 0.6 is 0 Å². The van der Waals surface area contributed by atoms with Gasteiger partial charge in [-0.1, -0.05) is 13.0 Å². The lowest BCUT2D eigenvalue weighted by molar-refractivity contribution is -0.386. The minimum absolute atomic E-state index is 0.0764. The first-order valence-corrected chi connectivity index (χ1v) is 7.17. The Labute approximate surface area is 119 Å². The highest BCUT2D eigenvalue weighted by Crippen LogP contribution is 2.36. The molecule has 1 aromatic carbocycles. The lowest BCUT2D eigenvalue weighted by atomic mass is 9.89. The summed E-state index contributed by atoms with van der Waals surface area (Å²) in [6.45, 7) is 6.87. The van der Waals surface area contributed by atoms with E-state index in [0.717, 1.165) is 36.9 Å². The van der Waals surface area contributed by atoms with Crippen molar-refractivity contribution in [2.75, 3.05) is 6.54 Å². The fraction of sp³-hybridized carbons (Fsp3) is 0.600. The molecule has 0 unspecified atom stereocenters. The molecule has 0 aliphatic heterocycles. The molecule has 0 aromatic heterocycles. The number of aryl methyl sites for hydroxylation is 2. The molecule has 2 rings (SSSR count). The number of nitrogens with zero attached hydrogens (tertiary/aromatic N) is 1. The molecule has 0 radical (unpaired) electrons. The summed E-state index contributed by atoms with van der Waals surface area (Å²) in [4.78, 5) is 10.8. The summed E-state index contributed by atoms with van der Waals surface area (Å²) in [6.07, 6.45) is 3.05. The van der Waals surface area contributed by atoms with Crippen LogP contribution in [-0.4, -0.2) is 23.6 Å². The monoisotopic (exact) mass is 278 g/mol. The van der Waals surface area contributed by atoms with Crippen molar-refractivity contribution in [3.8, 4) is 5.75 Å². The van der Waals surface area contributed by atoms with Crippen molar-refractivity contribution in [2.24, 2.45) is 0 Å². The summed E-state index contributed by atoms with van der Waals surface area (Å²) < 4.78 is 5.86. The Bertz CT molecular complexity index is 496. The molecular formula is C15H22N2O3. The van der Waals surface area contributed by atoms with E-state index in [9.17, 15) is 10.1 Å². The van der Waals surface area contributed by atoms with Crippen LogP contribution in [0.5, 0.6) is 5.75 Å². The molecule has 0 saturated heterocycles. The van der Waals surface area contributed by atoms with Crippen molar-refractivity contribution in [3.05, 3.63) is 33.4 Å². The molecule has 1 fully saturated rings. The van der Waals surface area contributed by atoms with Crippen molar-refractivity contribution in [1.82, 2.24) is 5.32 Å². The second-order valence-corrected chi connectivity index (χ2v) is 5.55. The summed E-state index contributed by atoms with van der Waals surface area (Å²) in [5.41, 5.74) is 1.80. The van der Waals surface area contributed by atoms with Gasteiger partial charge in [0.2, 0.25) is 0 Å². The minimum Gasteiger partial charge on any atom is -0.483 e. The zero-order valence-electron chi connectivity index (χ0n) is 12.3. The number of nitrogens with one attached hydrogen (secondary N) is 1. The van der Waals surface area contributed by atoms with Crippen LogP contribution in [0.25, 0.3) is 0 Å². The van der Waals surface area contributed by atoms with E-state index in [4.69, 9.17) is 4.74 Å². The van der Waals surface area contributed by atoms with E-state index in [-0.39, 0.29) is 16.7 Å². The Hall–Kier alpha value is -1.62. The first kappa shape index (κ1) is 14.8. The summed E-state index contributed by atoms with van der Waals surface area (Å²) in [5, 5.41) is 14.6. The van der Waals surface area contributed by atoms with Crippen LogP contribution in [0.4, 0.5) is 5.69 Å². The standard InChI is InChI=1S/C15H22N2O3/c1-4-5-16-12-8-13(9-12)20-15-11(3)6-10(2)7-14(15)17(18)19/h6-7,12-13,16H,4-5,8-9H2,1-3H3. The van der Waals surface area contributed by atoms with Gasteiger partial charge in [0.15, 0.2) is 5.75 Å². The van der Waals surface area contributed by atoms with Crippen molar-refractivity contribution in [3.63, 3.8) is 0 Å². The average Bonchev–Trinajstić information content (AvgIpc) is 2.33. The van der Waals surface area contributed by atoms with E-state index in [2.05, 4.69) is 12.2 Å². The van der Waals surface area contributed by atoms with Gasteiger partial charge >= 0.3 is 5.69 Å². The molecule has 1 N–H and O–H groups in total. The maximum Gasteiger partial charge on any atom is 0.311 e. The molecule has 20 heavy (non-hydrogen) atoms. The maximum absolute atomic E-state index is 11.1. The fourth-order valence-corrected chi connectivity index (χ4v) is 2.56. The van der Waals surface area contributed by atoms with Gasteiger partial charge in [-0.05, 0) is 50.8 Å². The number of benzene rings is 1. The summed E-state index contributed by atoms with van der Waals surface area (Å²) in [7, 11) is 0. The third-order valence-electron chi connectivity index (χ3n) is 3.66. The van der Waals surface area contributed by atoms with Gasteiger partial charge in [0.05, 0.1) is 4.92 Å². The third kappa shape index (κ3) is 3.28. The topological polar surface area (TPSA) is 64.4 Å². The molecule has 110 valence electrons. The van der Waals surface area contributed by atoms with Gasteiger partial charge in [0, 0.05) is 12.1 Å². The van der Waals surface area contributed by atoms with Gasteiger partial charge in [-0.3, -0.25) is 10.1 Å². The molecule has 1 saturated carbocycles. The van der Waals surface area contributed by atoms with Crippen LogP contribution in [0.3, 0.4) is 0 Å². The Morgan fingerprint density at radius 2 is 2.10 bits per heavy atom. The quantitative estimate of drug-likeness (QED) is 0.641. The van der Waals surface area contributed by atoms with E-state index >= 15 is 0 Å². The SMILES string of the molecule is CCCNC1CC(Oc2c(C)cc(C)cc2[N+](=O)[O-])C1. The second kappa shape index (κ2) is 6.22. The molecule has 0 bridgehead atoms. The number of hydrogen-bond acceptors (Lipinski definition) is 4. The van der Waals surface area contributed by atoms with Crippen LogP contribution in [-0.2, 0) is 0 Å². The van der Waals surface area contributed by atoms with Gasteiger partial charge in [0.25, 0.3) is 0 Å². The van der Waals surface area contributed by atoms with Crippen molar-refractivity contribution in [1.29, 1.82) is 0 Å². The molecule has 1 aliphatic rings. The Morgan fingerprint density at radius 3 is 2.70 bits per heavy atom. The molecule has 1 aliphatic carbocycles. The van der Waals surface area contributed by atoms with E-state index in [1.165, 1.54) is 0 Å². The minimum atomic E-state index is -0.360. The van der Waals surface area contributed by atoms with Crippen LogP contribution in [0.15, 0.2) is 12.1 Å². The Morgan fingerprint density at radius 1 is 1.40 bits per heavy atom. The molecule has 5 nitrogen and oxygen atoms in total. The number of hydrogen-bond donors (Lipinski definition) is 1. The molecule has 1 aromatic rings. The Balaban J connectivity index is 2.02. The highest BCUT2D eigenvalue weighted by Gasteiger charge is 2.32.